The first kappa shape index (κ1) is 23.6. The van der Waals surface area contributed by atoms with Gasteiger partial charge in [-0.05, 0) is 32.4 Å². The molecule has 2 aromatic heterocycles. The summed E-state index contributed by atoms with van der Waals surface area (Å²) in [6.07, 6.45) is -7.41. The van der Waals surface area contributed by atoms with Gasteiger partial charge in [0, 0.05) is 5.92 Å². The number of hydrogen-bond acceptors (Lipinski definition) is 9. The molecule has 0 bridgehead atoms. The van der Waals surface area contributed by atoms with Crippen molar-refractivity contribution in [3.63, 3.8) is 0 Å². The van der Waals surface area contributed by atoms with E-state index in [1.54, 1.807) is 6.92 Å². The number of para-hydroxylation sites is 1. The van der Waals surface area contributed by atoms with Crippen LogP contribution < -0.4 is 10.6 Å². The van der Waals surface area contributed by atoms with Crippen LogP contribution in [0.2, 0.25) is 0 Å². The quantitative estimate of drug-likeness (QED) is 0.363. The SMILES string of the molecule is Cc1nc(NCC(F)(F)F)nc(NC2C[C@H](C(C)O)[C@@H](O)[C@H]2O)c1-c1nc2ccccc2s1. The summed E-state index contributed by atoms with van der Waals surface area (Å²) in [7, 11) is 0. The van der Waals surface area contributed by atoms with Crippen LogP contribution in [0.3, 0.4) is 0 Å². The molecule has 5 N–H and O–H groups in total. The Morgan fingerprint density at radius 3 is 2.52 bits per heavy atom. The second-order valence-corrected chi connectivity index (χ2v) is 9.21. The van der Waals surface area contributed by atoms with Crippen LogP contribution in [-0.2, 0) is 0 Å². The first-order valence-corrected chi connectivity index (χ1v) is 11.2. The number of aliphatic hydroxyl groups excluding tert-OH is 3. The minimum absolute atomic E-state index is 0.189. The van der Waals surface area contributed by atoms with Crippen molar-refractivity contribution in [1.29, 1.82) is 0 Å². The normalized spacial score (nSPS) is 24.2. The maximum atomic E-state index is 12.7. The molecule has 2 unspecified atom stereocenters. The molecule has 0 spiro atoms. The fraction of sp³-hybridized carbons (Fsp3) is 0.476. The van der Waals surface area contributed by atoms with Crippen molar-refractivity contribution < 1.29 is 28.5 Å². The van der Waals surface area contributed by atoms with Gasteiger partial charge in [-0.2, -0.15) is 18.2 Å². The molecule has 12 heteroatoms. The average molecular weight is 484 g/mol. The molecule has 0 aliphatic heterocycles. The number of fused-ring (bicyclic) bond motifs is 1. The lowest BCUT2D eigenvalue weighted by atomic mass is 10.00. The van der Waals surface area contributed by atoms with Gasteiger partial charge in [-0.15, -0.1) is 11.3 Å². The van der Waals surface area contributed by atoms with Gasteiger partial charge in [0.15, 0.2) is 0 Å². The molecule has 1 aliphatic carbocycles. The second-order valence-electron chi connectivity index (χ2n) is 8.18. The van der Waals surface area contributed by atoms with E-state index in [1.807, 2.05) is 24.3 Å². The van der Waals surface area contributed by atoms with E-state index in [-0.39, 0.29) is 18.2 Å². The summed E-state index contributed by atoms with van der Waals surface area (Å²) >= 11 is 1.38. The molecular weight excluding hydrogens is 459 g/mol. The Labute approximate surface area is 191 Å². The number of nitrogens with zero attached hydrogens (tertiary/aromatic N) is 3. The number of thiazole rings is 1. The smallest absolute Gasteiger partial charge is 0.393 e. The predicted molar refractivity (Wildman–Crippen MR) is 119 cm³/mol. The monoisotopic (exact) mass is 483 g/mol. The maximum absolute atomic E-state index is 12.7. The Balaban J connectivity index is 1.74. The third-order valence-corrected chi connectivity index (χ3v) is 6.77. The first-order valence-electron chi connectivity index (χ1n) is 10.4. The molecule has 1 aliphatic rings. The first-order chi connectivity index (χ1) is 15.5. The molecule has 0 saturated heterocycles. The molecule has 3 aromatic rings. The van der Waals surface area contributed by atoms with Crippen LogP contribution in [-0.4, -0.2) is 67.3 Å². The number of benzene rings is 1. The van der Waals surface area contributed by atoms with Crippen molar-refractivity contribution in [2.24, 2.45) is 5.92 Å². The second kappa shape index (κ2) is 9.01. The third kappa shape index (κ3) is 5.03. The Morgan fingerprint density at radius 2 is 1.88 bits per heavy atom. The Morgan fingerprint density at radius 1 is 1.15 bits per heavy atom. The number of rotatable bonds is 6. The summed E-state index contributed by atoms with van der Waals surface area (Å²) in [4.78, 5) is 13.1. The van der Waals surface area contributed by atoms with Gasteiger partial charge in [-0.25, -0.2) is 9.97 Å². The zero-order valence-electron chi connectivity index (χ0n) is 17.8. The Kier molecular flexibility index (Phi) is 6.45. The third-order valence-electron chi connectivity index (χ3n) is 5.71. The van der Waals surface area contributed by atoms with Crippen molar-refractivity contribution in [2.45, 2.75) is 50.8 Å². The van der Waals surface area contributed by atoms with Gasteiger partial charge in [0.05, 0.1) is 39.7 Å². The molecule has 8 nitrogen and oxygen atoms in total. The highest BCUT2D eigenvalue weighted by molar-refractivity contribution is 7.21. The number of alkyl halides is 3. The van der Waals surface area contributed by atoms with Crippen LogP contribution in [0.15, 0.2) is 24.3 Å². The number of hydrogen-bond donors (Lipinski definition) is 5. The van der Waals surface area contributed by atoms with Crippen LogP contribution in [0.25, 0.3) is 20.8 Å². The van der Waals surface area contributed by atoms with E-state index in [1.165, 1.54) is 18.3 Å². The summed E-state index contributed by atoms with van der Waals surface area (Å²) < 4.78 is 39.1. The summed E-state index contributed by atoms with van der Waals surface area (Å²) in [5, 5.41) is 36.6. The molecular formula is C21H24F3N5O3S. The molecule has 0 amide bonds. The number of nitrogens with one attached hydrogen (secondary N) is 2. The standard InChI is InChI=1S/C21H24F3N5O3S/c1-9-15(19-28-12-5-3-4-6-14(12)33-19)18(29-20(26-9)25-8-21(22,23)24)27-13-7-11(10(2)30)16(31)17(13)32/h3-6,10-11,13,16-17,30-32H,7-8H2,1-2H3,(H2,25,26,27,29)/t10?,11-,13?,16-,17+/m1/s1. The topological polar surface area (TPSA) is 123 Å². The van der Waals surface area contributed by atoms with Crippen molar-refractivity contribution >= 4 is 33.3 Å². The van der Waals surface area contributed by atoms with Crippen LogP contribution in [0.1, 0.15) is 19.0 Å². The van der Waals surface area contributed by atoms with E-state index < -0.39 is 43.0 Å². The van der Waals surface area contributed by atoms with Crippen molar-refractivity contribution in [2.75, 3.05) is 17.2 Å². The molecule has 5 atom stereocenters. The van der Waals surface area contributed by atoms with Gasteiger partial charge in [0.1, 0.15) is 23.5 Å². The molecule has 1 saturated carbocycles. The Hall–Kier alpha value is -2.54. The number of aromatic nitrogens is 3. The molecule has 0 radical (unpaired) electrons. The largest absolute Gasteiger partial charge is 0.405 e. The minimum atomic E-state index is -4.45. The van der Waals surface area contributed by atoms with Crippen LogP contribution in [0.5, 0.6) is 0 Å². The zero-order chi connectivity index (χ0) is 23.9. The van der Waals surface area contributed by atoms with E-state index in [4.69, 9.17) is 0 Å². The number of aryl methyl sites for hydroxylation is 1. The van der Waals surface area contributed by atoms with E-state index in [0.29, 0.717) is 16.3 Å². The fourth-order valence-electron chi connectivity index (χ4n) is 4.04. The average Bonchev–Trinajstić information content (AvgIpc) is 3.28. The van der Waals surface area contributed by atoms with Gasteiger partial charge in [0.25, 0.3) is 0 Å². The highest BCUT2D eigenvalue weighted by atomic mass is 32.1. The number of anilines is 2. The van der Waals surface area contributed by atoms with Crippen molar-refractivity contribution in [3.8, 4) is 10.6 Å². The molecule has 4 rings (SSSR count). The maximum Gasteiger partial charge on any atom is 0.405 e. The van der Waals surface area contributed by atoms with Gasteiger partial charge in [-0.1, -0.05) is 12.1 Å². The van der Waals surface area contributed by atoms with E-state index in [9.17, 15) is 28.5 Å². The van der Waals surface area contributed by atoms with Crippen LogP contribution in [0.4, 0.5) is 24.9 Å². The van der Waals surface area contributed by atoms with Gasteiger partial charge < -0.3 is 26.0 Å². The van der Waals surface area contributed by atoms with Crippen LogP contribution in [0, 0.1) is 12.8 Å². The molecule has 1 aromatic carbocycles. The van der Waals surface area contributed by atoms with E-state index in [0.717, 1.165) is 10.2 Å². The zero-order valence-corrected chi connectivity index (χ0v) is 18.7. The van der Waals surface area contributed by atoms with E-state index in [2.05, 4.69) is 25.6 Å². The van der Waals surface area contributed by atoms with Gasteiger partial charge in [0.2, 0.25) is 5.95 Å². The lowest BCUT2D eigenvalue weighted by molar-refractivity contribution is -0.115. The highest BCUT2D eigenvalue weighted by Crippen LogP contribution is 2.38. The summed E-state index contributed by atoms with van der Waals surface area (Å²) in [6, 6.07) is 6.80. The minimum Gasteiger partial charge on any atom is -0.393 e. The van der Waals surface area contributed by atoms with Crippen LogP contribution >= 0.6 is 11.3 Å². The fourth-order valence-corrected chi connectivity index (χ4v) is 5.10. The molecule has 1 fully saturated rings. The van der Waals surface area contributed by atoms with Crippen molar-refractivity contribution in [3.05, 3.63) is 30.0 Å². The van der Waals surface area contributed by atoms with E-state index >= 15 is 0 Å². The summed E-state index contributed by atoms with van der Waals surface area (Å²) in [6.45, 7) is 1.87. The molecule has 33 heavy (non-hydrogen) atoms. The lowest BCUT2D eigenvalue weighted by Gasteiger charge is -2.21. The lowest BCUT2D eigenvalue weighted by Crippen LogP contribution is -2.36. The highest BCUT2D eigenvalue weighted by Gasteiger charge is 2.44. The summed E-state index contributed by atoms with van der Waals surface area (Å²) in [5.74, 6) is -0.597. The van der Waals surface area contributed by atoms with Gasteiger partial charge in [-0.3, -0.25) is 0 Å². The summed E-state index contributed by atoms with van der Waals surface area (Å²) in [5.41, 5.74) is 1.65. The van der Waals surface area contributed by atoms with Gasteiger partial charge >= 0.3 is 6.18 Å². The van der Waals surface area contributed by atoms with Crippen molar-refractivity contribution in [1.82, 2.24) is 15.0 Å². The Bertz CT molecular complexity index is 1110. The molecule has 2 heterocycles. The predicted octanol–water partition coefficient (Wildman–Crippen LogP) is 2.94. The number of halogens is 3. The number of aliphatic hydroxyl groups is 3. The molecule has 178 valence electrons.